The van der Waals surface area contributed by atoms with Crippen molar-refractivity contribution in [1.82, 2.24) is 0 Å². The Kier molecular flexibility index (Phi) is 2.22. The van der Waals surface area contributed by atoms with E-state index in [4.69, 9.17) is 5.73 Å². The summed E-state index contributed by atoms with van der Waals surface area (Å²) in [5.41, 5.74) is 6.36. The molecule has 1 saturated carbocycles. The maximum absolute atomic E-state index is 5.77. The van der Waals surface area contributed by atoms with Gasteiger partial charge < -0.3 is 5.73 Å². The predicted octanol–water partition coefficient (Wildman–Crippen LogP) is 2.47. The summed E-state index contributed by atoms with van der Waals surface area (Å²) in [6, 6.07) is 0. The maximum Gasteiger partial charge on any atom is -0.00204 e. The van der Waals surface area contributed by atoms with Crippen LogP contribution in [0, 0.1) is 11.3 Å². The minimum absolute atomic E-state index is 0.593. The molecule has 1 atom stereocenters. The third-order valence-corrected chi connectivity index (χ3v) is 3.49. The lowest BCUT2D eigenvalue weighted by molar-refractivity contribution is 0.337. The smallest absolute Gasteiger partial charge is 0.00204 e. The molecular formula is C11H19N. The Balaban J connectivity index is 1.82. The molecule has 0 aromatic carbocycles. The second kappa shape index (κ2) is 3.21. The van der Waals surface area contributed by atoms with E-state index < -0.39 is 0 Å². The minimum Gasteiger partial charge on any atom is -0.330 e. The highest BCUT2D eigenvalue weighted by Crippen LogP contribution is 2.51. The molecule has 1 nitrogen and oxygen atoms in total. The highest BCUT2D eigenvalue weighted by atomic mass is 14.7. The molecule has 2 rings (SSSR count). The summed E-state index contributed by atoms with van der Waals surface area (Å²) in [6.07, 6.45) is 12.9. The summed E-state index contributed by atoms with van der Waals surface area (Å²) in [5, 5.41) is 0. The van der Waals surface area contributed by atoms with E-state index in [0.717, 1.165) is 12.5 Å². The Morgan fingerprint density at radius 3 is 2.67 bits per heavy atom. The monoisotopic (exact) mass is 165 g/mol. The first kappa shape index (κ1) is 8.31. The van der Waals surface area contributed by atoms with Crippen LogP contribution in [0.3, 0.4) is 0 Å². The summed E-state index contributed by atoms with van der Waals surface area (Å²) in [5.74, 6) is 0.945. The van der Waals surface area contributed by atoms with Crippen molar-refractivity contribution in [3.63, 3.8) is 0 Å². The molecule has 2 aliphatic carbocycles. The van der Waals surface area contributed by atoms with Crippen LogP contribution in [0.25, 0.3) is 0 Å². The van der Waals surface area contributed by atoms with Gasteiger partial charge in [-0.1, -0.05) is 12.2 Å². The Labute approximate surface area is 75.0 Å². The van der Waals surface area contributed by atoms with E-state index in [2.05, 4.69) is 12.2 Å². The van der Waals surface area contributed by atoms with E-state index in [-0.39, 0.29) is 0 Å². The SMILES string of the molecule is NCC1(CC2CC=CCC2)CC1. The number of allylic oxidation sites excluding steroid dienone is 2. The van der Waals surface area contributed by atoms with Crippen molar-refractivity contribution >= 4 is 0 Å². The zero-order valence-corrected chi connectivity index (χ0v) is 7.76. The van der Waals surface area contributed by atoms with Gasteiger partial charge in [-0.25, -0.2) is 0 Å². The lowest BCUT2D eigenvalue weighted by Gasteiger charge is -2.22. The number of hydrogen-bond donors (Lipinski definition) is 1. The largest absolute Gasteiger partial charge is 0.330 e. The zero-order valence-electron chi connectivity index (χ0n) is 7.76. The normalized spacial score (nSPS) is 31.9. The maximum atomic E-state index is 5.77. The molecular weight excluding hydrogens is 146 g/mol. The van der Waals surface area contributed by atoms with Gasteiger partial charge in [0.15, 0.2) is 0 Å². The quantitative estimate of drug-likeness (QED) is 0.639. The van der Waals surface area contributed by atoms with Crippen LogP contribution in [0.1, 0.15) is 38.5 Å². The summed E-state index contributed by atoms with van der Waals surface area (Å²) < 4.78 is 0. The molecule has 1 unspecified atom stereocenters. The van der Waals surface area contributed by atoms with Gasteiger partial charge in [-0.05, 0) is 56.4 Å². The third-order valence-electron chi connectivity index (χ3n) is 3.49. The van der Waals surface area contributed by atoms with Gasteiger partial charge in [-0.3, -0.25) is 0 Å². The van der Waals surface area contributed by atoms with Crippen molar-refractivity contribution in [3.8, 4) is 0 Å². The molecule has 0 spiro atoms. The van der Waals surface area contributed by atoms with Crippen LogP contribution in [0.4, 0.5) is 0 Å². The second-order valence-electron chi connectivity index (χ2n) is 4.56. The molecule has 68 valence electrons. The van der Waals surface area contributed by atoms with Crippen molar-refractivity contribution in [2.45, 2.75) is 38.5 Å². The van der Waals surface area contributed by atoms with Gasteiger partial charge in [0.05, 0.1) is 0 Å². The highest BCUT2D eigenvalue weighted by molar-refractivity contribution is 4.98. The van der Waals surface area contributed by atoms with E-state index in [9.17, 15) is 0 Å². The molecule has 12 heavy (non-hydrogen) atoms. The van der Waals surface area contributed by atoms with Crippen LogP contribution >= 0.6 is 0 Å². The first-order chi connectivity index (χ1) is 5.85. The number of nitrogens with two attached hydrogens (primary N) is 1. The first-order valence-electron chi connectivity index (χ1n) is 5.20. The topological polar surface area (TPSA) is 26.0 Å². The summed E-state index contributed by atoms with van der Waals surface area (Å²) in [4.78, 5) is 0. The van der Waals surface area contributed by atoms with Crippen molar-refractivity contribution in [2.75, 3.05) is 6.54 Å². The first-order valence-corrected chi connectivity index (χ1v) is 5.20. The minimum atomic E-state index is 0.593. The average molecular weight is 165 g/mol. The number of hydrogen-bond acceptors (Lipinski definition) is 1. The highest BCUT2D eigenvalue weighted by Gasteiger charge is 2.42. The molecule has 0 aromatic heterocycles. The van der Waals surface area contributed by atoms with Crippen LogP contribution in [0.15, 0.2) is 12.2 Å². The van der Waals surface area contributed by atoms with Gasteiger partial charge in [0, 0.05) is 0 Å². The summed E-state index contributed by atoms with van der Waals surface area (Å²) in [6.45, 7) is 0.924. The second-order valence-corrected chi connectivity index (χ2v) is 4.56. The predicted molar refractivity (Wildman–Crippen MR) is 51.8 cm³/mol. The van der Waals surface area contributed by atoms with Crippen LogP contribution in [0.5, 0.6) is 0 Å². The van der Waals surface area contributed by atoms with E-state index in [1.54, 1.807) is 0 Å². The van der Waals surface area contributed by atoms with Crippen LogP contribution in [-0.2, 0) is 0 Å². The molecule has 1 heteroatoms. The molecule has 0 amide bonds. The van der Waals surface area contributed by atoms with Gasteiger partial charge in [-0.15, -0.1) is 0 Å². The molecule has 0 radical (unpaired) electrons. The molecule has 2 aliphatic rings. The molecule has 0 saturated heterocycles. The molecule has 0 aliphatic heterocycles. The van der Waals surface area contributed by atoms with Gasteiger partial charge in [0.1, 0.15) is 0 Å². The van der Waals surface area contributed by atoms with Gasteiger partial charge in [-0.2, -0.15) is 0 Å². The lowest BCUT2D eigenvalue weighted by Crippen LogP contribution is -2.19. The van der Waals surface area contributed by atoms with E-state index in [0.29, 0.717) is 5.41 Å². The Bertz CT molecular complexity index is 179. The van der Waals surface area contributed by atoms with Gasteiger partial charge >= 0.3 is 0 Å². The lowest BCUT2D eigenvalue weighted by atomic mass is 9.84. The standard InChI is InChI=1S/C11H19N/c12-9-11(6-7-11)8-10-4-2-1-3-5-10/h1-2,10H,3-9,12H2. The Hall–Kier alpha value is -0.300. The molecule has 0 aromatic rings. The van der Waals surface area contributed by atoms with Crippen LogP contribution < -0.4 is 5.73 Å². The zero-order chi connectivity index (χ0) is 8.44. The summed E-state index contributed by atoms with van der Waals surface area (Å²) in [7, 11) is 0. The molecule has 1 fully saturated rings. The summed E-state index contributed by atoms with van der Waals surface area (Å²) >= 11 is 0. The van der Waals surface area contributed by atoms with Crippen LogP contribution in [0.2, 0.25) is 0 Å². The molecule has 0 heterocycles. The van der Waals surface area contributed by atoms with E-state index >= 15 is 0 Å². The fourth-order valence-corrected chi connectivity index (χ4v) is 2.32. The molecule has 0 bridgehead atoms. The van der Waals surface area contributed by atoms with Crippen LogP contribution in [-0.4, -0.2) is 6.54 Å². The number of rotatable bonds is 3. The van der Waals surface area contributed by atoms with Crippen molar-refractivity contribution < 1.29 is 0 Å². The van der Waals surface area contributed by atoms with Crippen molar-refractivity contribution in [3.05, 3.63) is 12.2 Å². The van der Waals surface area contributed by atoms with Crippen molar-refractivity contribution in [1.29, 1.82) is 0 Å². The third kappa shape index (κ3) is 1.71. The van der Waals surface area contributed by atoms with Gasteiger partial charge in [0.25, 0.3) is 0 Å². The molecule has 2 N–H and O–H groups in total. The average Bonchev–Trinajstić information content (AvgIpc) is 2.88. The van der Waals surface area contributed by atoms with E-state index in [1.807, 2.05) is 0 Å². The fraction of sp³-hybridized carbons (Fsp3) is 0.818. The van der Waals surface area contributed by atoms with Crippen molar-refractivity contribution in [2.24, 2.45) is 17.1 Å². The van der Waals surface area contributed by atoms with Gasteiger partial charge in [0.2, 0.25) is 0 Å². The van der Waals surface area contributed by atoms with E-state index in [1.165, 1.54) is 38.5 Å². The Morgan fingerprint density at radius 1 is 1.33 bits per heavy atom. The fourth-order valence-electron chi connectivity index (χ4n) is 2.32. The Morgan fingerprint density at radius 2 is 2.17 bits per heavy atom.